The number of carbonyl (C=O) groups is 1. The minimum absolute atomic E-state index is 0.0874. The molecule has 0 aliphatic carbocycles. The van der Waals surface area contributed by atoms with E-state index in [2.05, 4.69) is 35.9 Å². The maximum Gasteiger partial charge on any atom is 0.335 e. The molecule has 2 aromatic carbocycles. The van der Waals surface area contributed by atoms with Crippen molar-refractivity contribution in [2.75, 3.05) is 19.8 Å². The molecule has 31 heavy (non-hydrogen) atoms. The zero-order chi connectivity index (χ0) is 21.6. The van der Waals surface area contributed by atoms with E-state index >= 15 is 0 Å². The number of nitrogens with zero attached hydrogens (tertiary/aromatic N) is 1. The van der Waals surface area contributed by atoms with Crippen LogP contribution in [-0.2, 0) is 16.0 Å². The molecule has 3 heterocycles. The normalized spacial score (nSPS) is 21.2. The van der Waals surface area contributed by atoms with Gasteiger partial charge in [-0.2, -0.15) is 0 Å². The summed E-state index contributed by atoms with van der Waals surface area (Å²) in [4.78, 5) is 17.2. The van der Waals surface area contributed by atoms with Crippen molar-refractivity contribution >= 4 is 16.9 Å². The van der Waals surface area contributed by atoms with Crippen LogP contribution in [0, 0.1) is 13.8 Å². The second kappa shape index (κ2) is 7.79. The lowest BCUT2D eigenvalue weighted by Crippen LogP contribution is -2.46. The van der Waals surface area contributed by atoms with Crippen LogP contribution in [0.25, 0.3) is 10.9 Å². The van der Waals surface area contributed by atoms with Crippen LogP contribution in [0.4, 0.5) is 0 Å². The summed E-state index contributed by atoms with van der Waals surface area (Å²) < 4.78 is 12.1. The first kappa shape index (κ1) is 20.2. The van der Waals surface area contributed by atoms with E-state index in [1.807, 2.05) is 18.3 Å². The fourth-order valence-electron chi connectivity index (χ4n) is 5.18. The number of ether oxygens (including phenoxy) is 2. The molecule has 3 aromatic rings. The minimum Gasteiger partial charge on any atom is -0.478 e. The molecule has 162 valence electrons. The fraction of sp³-hybridized carbons (Fsp3) is 0.400. The Morgan fingerprint density at radius 1 is 1.16 bits per heavy atom. The van der Waals surface area contributed by atoms with Gasteiger partial charge in [0.15, 0.2) is 5.79 Å². The molecule has 0 amide bonds. The van der Waals surface area contributed by atoms with Crippen molar-refractivity contribution in [3.05, 3.63) is 70.4 Å². The molecule has 1 aromatic heterocycles. The standard InChI is InChI=1S/C25H28N2O4/c1-16-13-17(2)23-20(7-9-26-23)21(16)15-27-10-8-25(30-11-12-31-25)14-22(27)18-3-5-19(6-4-18)24(28)29/h3-7,9,13,22,26H,8,10-12,14-15H2,1-2H3,(H,28,29). The monoisotopic (exact) mass is 420 g/mol. The predicted octanol–water partition coefficient (Wildman–Crippen LogP) is 4.56. The number of aromatic carboxylic acids is 1. The van der Waals surface area contributed by atoms with Crippen molar-refractivity contribution in [3.63, 3.8) is 0 Å². The smallest absolute Gasteiger partial charge is 0.335 e. The lowest BCUT2D eigenvalue weighted by atomic mass is 9.89. The van der Waals surface area contributed by atoms with Gasteiger partial charge < -0.3 is 19.6 Å². The van der Waals surface area contributed by atoms with E-state index in [4.69, 9.17) is 9.47 Å². The van der Waals surface area contributed by atoms with Crippen molar-refractivity contribution in [1.82, 2.24) is 9.88 Å². The van der Waals surface area contributed by atoms with Crippen LogP contribution in [0.5, 0.6) is 0 Å². The van der Waals surface area contributed by atoms with E-state index in [1.54, 1.807) is 12.1 Å². The summed E-state index contributed by atoms with van der Waals surface area (Å²) in [5.74, 6) is -1.44. The number of fused-ring (bicyclic) bond motifs is 1. The van der Waals surface area contributed by atoms with Crippen LogP contribution in [-0.4, -0.2) is 46.5 Å². The third kappa shape index (κ3) is 3.65. The molecule has 2 fully saturated rings. The third-order valence-electron chi connectivity index (χ3n) is 6.82. The van der Waals surface area contributed by atoms with E-state index in [1.165, 1.54) is 27.6 Å². The van der Waals surface area contributed by atoms with Gasteiger partial charge in [-0.1, -0.05) is 18.2 Å². The molecule has 1 spiro atoms. The quantitative estimate of drug-likeness (QED) is 0.647. The van der Waals surface area contributed by atoms with Crippen LogP contribution in [0.2, 0.25) is 0 Å². The Bertz CT molecular complexity index is 1110. The molecule has 1 unspecified atom stereocenters. The zero-order valence-electron chi connectivity index (χ0n) is 18.0. The van der Waals surface area contributed by atoms with Gasteiger partial charge >= 0.3 is 5.97 Å². The Morgan fingerprint density at radius 3 is 2.61 bits per heavy atom. The first-order chi connectivity index (χ1) is 15.0. The van der Waals surface area contributed by atoms with E-state index in [9.17, 15) is 9.90 Å². The summed E-state index contributed by atoms with van der Waals surface area (Å²) in [7, 11) is 0. The fourth-order valence-corrected chi connectivity index (χ4v) is 5.18. The summed E-state index contributed by atoms with van der Waals surface area (Å²) in [5.41, 5.74) is 6.47. The highest BCUT2D eigenvalue weighted by molar-refractivity contribution is 5.88. The maximum absolute atomic E-state index is 11.3. The van der Waals surface area contributed by atoms with E-state index in [0.29, 0.717) is 18.8 Å². The lowest BCUT2D eigenvalue weighted by molar-refractivity contribution is -0.198. The average molecular weight is 421 g/mol. The highest BCUT2D eigenvalue weighted by Crippen LogP contribution is 2.42. The molecule has 2 aliphatic rings. The first-order valence-electron chi connectivity index (χ1n) is 10.9. The van der Waals surface area contributed by atoms with Crippen LogP contribution >= 0.6 is 0 Å². The molecule has 1 atom stereocenters. The van der Waals surface area contributed by atoms with E-state index in [0.717, 1.165) is 31.5 Å². The maximum atomic E-state index is 11.3. The van der Waals surface area contributed by atoms with Crippen LogP contribution in [0.15, 0.2) is 42.6 Å². The number of likely N-dealkylation sites (tertiary alicyclic amines) is 1. The number of hydrogen-bond donors (Lipinski definition) is 2. The van der Waals surface area contributed by atoms with Gasteiger partial charge in [0.2, 0.25) is 0 Å². The average Bonchev–Trinajstić information content (AvgIpc) is 3.42. The van der Waals surface area contributed by atoms with Gasteiger partial charge in [0.05, 0.1) is 18.8 Å². The molecule has 2 saturated heterocycles. The van der Waals surface area contributed by atoms with Gasteiger partial charge in [-0.3, -0.25) is 4.90 Å². The number of carboxylic acid groups (broad SMARTS) is 1. The molecule has 0 radical (unpaired) electrons. The zero-order valence-corrected chi connectivity index (χ0v) is 18.0. The van der Waals surface area contributed by atoms with Gasteiger partial charge in [-0.25, -0.2) is 4.79 Å². The van der Waals surface area contributed by atoms with Gasteiger partial charge in [0, 0.05) is 49.1 Å². The summed E-state index contributed by atoms with van der Waals surface area (Å²) in [6.45, 7) is 7.26. The number of aromatic amines is 1. The van der Waals surface area contributed by atoms with E-state index in [-0.39, 0.29) is 6.04 Å². The highest BCUT2D eigenvalue weighted by Gasteiger charge is 2.44. The summed E-state index contributed by atoms with van der Waals surface area (Å²) in [6, 6.07) is 11.7. The molecule has 6 heteroatoms. The minimum atomic E-state index is -0.906. The largest absolute Gasteiger partial charge is 0.478 e. The van der Waals surface area contributed by atoms with Gasteiger partial charge in [0.25, 0.3) is 0 Å². The van der Waals surface area contributed by atoms with Crippen LogP contribution in [0.1, 0.15) is 51.5 Å². The van der Waals surface area contributed by atoms with Crippen molar-refractivity contribution in [2.45, 2.75) is 45.1 Å². The number of aromatic nitrogens is 1. The molecular weight excluding hydrogens is 392 g/mol. The van der Waals surface area contributed by atoms with Gasteiger partial charge in [-0.05, 0) is 54.3 Å². The number of nitrogens with one attached hydrogen (secondary N) is 1. The number of aryl methyl sites for hydroxylation is 2. The number of carboxylic acids is 1. The van der Waals surface area contributed by atoms with Crippen molar-refractivity contribution in [3.8, 4) is 0 Å². The van der Waals surface area contributed by atoms with Crippen molar-refractivity contribution in [2.24, 2.45) is 0 Å². The van der Waals surface area contributed by atoms with Crippen LogP contribution < -0.4 is 0 Å². The van der Waals surface area contributed by atoms with Gasteiger partial charge in [0.1, 0.15) is 0 Å². The number of rotatable bonds is 4. The molecule has 2 aliphatic heterocycles. The van der Waals surface area contributed by atoms with Crippen molar-refractivity contribution < 1.29 is 19.4 Å². The molecular formula is C25H28N2O4. The first-order valence-corrected chi connectivity index (χ1v) is 10.9. The van der Waals surface area contributed by atoms with Crippen molar-refractivity contribution in [1.29, 1.82) is 0 Å². The molecule has 6 nitrogen and oxygen atoms in total. The number of hydrogen-bond acceptors (Lipinski definition) is 4. The number of piperidine rings is 1. The Balaban J connectivity index is 1.50. The summed E-state index contributed by atoms with van der Waals surface area (Å²) >= 11 is 0. The Labute approximate surface area is 181 Å². The molecule has 2 N–H and O–H groups in total. The highest BCUT2D eigenvalue weighted by atomic mass is 16.7. The predicted molar refractivity (Wildman–Crippen MR) is 118 cm³/mol. The third-order valence-corrected chi connectivity index (χ3v) is 6.82. The number of benzene rings is 2. The summed E-state index contributed by atoms with van der Waals surface area (Å²) in [5, 5.41) is 10.5. The topological polar surface area (TPSA) is 74.8 Å². The molecule has 0 bridgehead atoms. The second-order valence-electron chi connectivity index (χ2n) is 8.73. The Kier molecular flexibility index (Phi) is 5.08. The lowest BCUT2D eigenvalue weighted by Gasteiger charge is -2.44. The van der Waals surface area contributed by atoms with Crippen LogP contribution in [0.3, 0.4) is 0 Å². The summed E-state index contributed by atoms with van der Waals surface area (Å²) in [6.07, 6.45) is 3.58. The Hall–Kier alpha value is -2.67. The molecule has 0 saturated carbocycles. The number of H-pyrrole nitrogens is 1. The Morgan fingerprint density at radius 2 is 1.90 bits per heavy atom. The molecule has 5 rings (SSSR count). The second-order valence-corrected chi connectivity index (χ2v) is 8.73. The van der Waals surface area contributed by atoms with Gasteiger partial charge in [-0.15, -0.1) is 0 Å². The SMILES string of the molecule is Cc1cc(C)c2[nH]ccc2c1CN1CCC2(CC1c1ccc(C(=O)O)cc1)OCCO2. The van der Waals surface area contributed by atoms with E-state index < -0.39 is 11.8 Å².